The van der Waals surface area contributed by atoms with Gasteiger partial charge < -0.3 is 19.6 Å². The molecule has 11 heteroatoms. The second-order valence-corrected chi connectivity index (χ2v) is 17.7. The molecule has 0 aromatic carbocycles. The van der Waals surface area contributed by atoms with Crippen LogP contribution in [0.4, 0.5) is 9.59 Å². The Kier molecular flexibility index (Phi) is 10.0. The molecule has 1 saturated carbocycles. The second kappa shape index (κ2) is 11.2. The molecule has 2 amide bonds. The number of amides is 2. The van der Waals surface area contributed by atoms with Crippen LogP contribution in [0.1, 0.15) is 75.2 Å². The van der Waals surface area contributed by atoms with Crippen LogP contribution in [-0.2, 0) is 19.2 Å². The molecule has 0 aromatic rings. The van der Waals surface area contributed by atoms with Gasteiger partial charge >= 0.3 is 12.2 Å². The molecular weight excluding hydrogens is 464 g/mol. The fraction of sp³-hybridized carbons (Fsp3) is 0.818. The molecule has 33 heavy (non-hydrogen) atoms. The first kappa shape index (κ1) is 29.4. The Balaban J connectivity index is 3.22. The molecule has 1 rings (SSSR count). The molecule has 0 aromatic heterocycles. The predicted octanol–water partition coefficient (Wildman–Crippen LogP) is 4.96. The first-order chi connectivity index (χ1) is 14.9. The summed E-state index contributed by atoms with van der Waals surface area (Å²) in [7, 11) is -6.42. The number of alkyl carbamates (subject to hydrolysis) is 1. The van der Waals surface area contributed by atoms with Crippen molar-refractivity contribution in [2.24, 2.45) is 5.92 Å². The summed E-state index contributed by atoms with van der Waals surface area (Å²) >= 11 is 0. The van der Waals surface area contributed by atoms with Gasteiger partial charge in [-0.1, -0.05) is 47.6 Å². The normalized spacial score (nSPS) is 22.4. The largest absolute Gasteiger partial charge is 0.464 e. The lowest BCUT2D eigenvalue weighted by atomic mass is 10.1. The number of ether oxygens (including phenoxy) is 1. The van der Waals surface area contributed by atoms with Gasteiger partial charge in [-0.15, -0.1) is 0 Å². The average molecular weight is 507 g/mol. The minimum atomic E-state index is -4.14. The van der Waals surface area contributed by atoms with Gasteiger partial charge in [0, 0.05) is 17.4 Å². The van der Waals surface area contributed by atoms with Gasteiger partial charge in [0.1, 0.15) is 5.60 Å². The van der Waals surface area contributed by atoms with Crippen LogP contribution >= 0.6 is 0 Å². The van der Waals surface area contributed by atoms with Gasteiger partial charge in [0.05, 0.1) is 6.10 Å². The van der Waals surface area contributed by atoms with Crippen LogP contribution < -0.4 is 10.0 Å². The third kappa shape index (κ3) is 8.60. The first-order valence-electron chi connectivity index (χ1n) is 11.5. The fourth-order valence-electron chi connectivity index (χ4n) is 4.99. The molecule has 3 atom stereocenters. The Morgan fingerprint density at radius 2 is 1.55 bits per heavy atom. The van der Waals surface area contributed by atoms with E-state index in [1.165, 1.54) is 10.8 Å². The standard InChI is InChI=1S/C22H42N2O7SSi/c1-14(2)33(15(3)4,16(5)6)31-19-13-18(23-21(27)30-22(7,8)9)12-17(19)10-11-32(28,29)24-20(25)26/h10-11,14-19,24H,12-13H2,1-9H3,(H,23,27)(H,25,26)/t17-,18+,19-/m0/s1. The molecular formula is C22H42N2O7SSi. The van der Waals surface area contributed by atoms with Gasteiger partial charge in [0.2, 0.25) is 8.32 Å². The van der Waals surface area contributed by atoms with Crippen molar-refractivity contribution >= 4 is 30.5 Å². The molecule has 1 aliphatic carbocycles. The van der Waals surface area contributed by atoms with Crippen LogP contribution in [0, 0.1) is 5.92 Å². The van der Waals surface area contributed by atoms with E-state index in [0.29, 0.717) is 29.5 Å². The van der Waals surface area contributed by atoms with Gasteiger partial charge in [0.25, 0.3) is 10.0 Å². The Hall–Kier alpha value is -1.59. The van der Waals surface area contributed by atoms with E-state index in [1.54, 1.807) is 20.8 Å². The van der Waals surface area contributed by atoms with E-state index >= 15 is 0 Å². The molecule has 9 nitrogen and oxygen atoms in total. The van der Waals surface area contributed by atoms with Gasteiger partial charge in [-0.25, -0.2) is 22.7 Å². The summed E-state index contributed by atoms with van der Waals surface area (Å²) in [5, 5.41) is 12.5. The van der Waals surface area contributed by atoms with Crippen molar-refractivity contribution in [3.63, 3.8) is 0 Å². The smallest absolute Gasteiger partial charge is 0.418 e. The molecule has 0 heterocycles. The number of carboxylic acid groups (broad SMARTS) is 1. The van der Waals surface area contributed by atoms with Crippen LogP contribution in [0.3, 0.4) is 0 Å². The number of carbonyl (C=O) groups excluding carboxylic acids is 1. The van der Waals surface area contributed by atoms with Crippen molar-refractivity contribution in [3.8, 4) is 0 Å². The van der Waals surface area contributed by atoms with Crippen molar-refractivity contribution in [3.05, 3.63) is 11.5 Å². The molecule has 0 aliphatic heterocycles. The minimum Gasteiger partial charge on any atom is -0.464 e. The highest BCUT2D eigenvalue weighted by atomic mass is 32.2. The highest BCUT2D eigenvalue weighted by molar-refractivity contribution is 7.92. The number of hydrogen-bond acceptors (Lipinski definition) is 6. The van der Waals surface area contributed by atoms with Crippen molar-refractivity contribution in [2.45, 2.75) is 110 Å². The average Bonchev–Trinajstić information content (AvgIpc) is 2.95. The number of rotatable bonds is 9. The summed E-state index contributed by atoms with van der Waals surface area (Å²) in [4.78, 5) is 23.1. The quantitative estimate of drug-likeness (QED) is 0.377. The molecule has 1 fully saturated rings. The molecule has 1 aliphatic rings. The van der Waals surface area contributed by atoms with Crippen LogP contribution in [-0.4, -0.2) is 51.8 Å². The minimum absolute atomic E-state index is 0.257. The van der Waals surface area contributed by atoms with Gasteiger partial charge in [0.15, 0.2) is 0 Å². The third-order valence-corrected chi connectivity index (χ3v) is 13.2. The zero-order valence-corrected chi connectivity index (χ0v) is 23.2. The SMILES string of the molecule is CC(C)[Si](O[C@H]1C[C@H](NC(=O)OC(C)(C)C)C[C@@H]1C=CS(=O)(=O)NC(=O)O)(C(C)C)C(C)C. The maximum Gasteiger partial charge on any atom is 0.418 e. The third-order valence-electron chi connectivity index (χ3n) is 6.07. The zero-order valence-electron chi connectivity index (χ0n) is 21.3. The Morgan fingerprint density at radius 3 is 1.97 bits per heavy atom. The van der Waals surface area contributed by atoms with E-state index in [1.807, 2.05) is 0 Å². The molecule has 0 radical (unpaired) electrons. The fourth-order valence-corrected chi connectivity index (χ4v) is 11.3. The molecule has 0 bridgehead atoms. The van der Waals surface area contributed by atoms with Crippen LogP contribution in [0.2, 0.25) is 16.6 Å². The maximum atomic E-state index is 12.3. The molecule has 0 unspecified atom stereocenters. The van der Waals surface area contributed by atoms with E-state index in [0.717, 1.165) is 5.41 Å². The van der Waals surface area contributed by atoms with Gasteiger partial charge in [-0.05, 0) is 50.2 Å². The zero-order chi connectivity index (χ0) is 25.8. The maximum absolute atomic E-state index is 12.3. The number of hydrogen-bond donors (Lipinski definition) is 3. The Labute approximate surface area is 199 Å². The molecule has 192 valence electrons. The second-order valence-electron chi connectivity index (χ2n) is 10.7. The Bertz CT molecular complexity index is 797. The predicted molar refractivity (Wildman–Crippen MR) is 131 cm³/mol. The lowest BCUT2D eigenvalue weighted by Crippen LogP contribution is -2.51. The topological polar surface area (TPSA) is 131 Å². The summed E-state index contributed by atoms with van der Waals surface area (Å²) in [6.07, 6.45) is -0.0266. The van der Waals surface area contributed by atoms with E-state index in [9.17, 15) is 18.0 Å². The molecule has 0 saturated heterocycles. The van der Waals surface area contributed by atoms with Crippen molar-refractivity contribution in [1.29, 1.82) is 0 Å². The van der Waals surface area contributed by atoms with Crippen LogP contribution in [0.25, 0.3) is 0 Å². The van der Waals surface area contributed by atoms with E-state index in [-0.39, 0.29) is 18.1 Å². The lowest BCUT2D eigenvalue weighted by molar-refractivity contribution is 0.0502. The monoisotopic (exact) mass is 506 g/mol. The highest BCUT2D eigenvalue weighted by Gasteiger charge is 2.49. The highest BCUT2D eigenvalue weighted by Crippen LogP contribution is 2.46. The molecule has 3 N–H and O–H groups in total. The van der Waals surface area contributed by atoms with E-state index in [4.69, 9.17) is 14.3 Å². The first-order valence-corrected chi connectivity index (χ1v) is 15.2. The van der Waals surface area contributed by atoms with Gasteiger partial charge in [-0.2, -0.15) is 0 Å². The number of nitrogens with one attached hydrogen (secondary N) is 2. The summed E-state index contributed by atoms with van der Waals surface area (Å²) in [6, 6.07) is -0.257. The summed E-state index contributed by atoms with van der Waals surface area (Å²) in [6.45, 7) is 18.4. The van der Waals surface area contributed by atoms with Gasteiger partial charge in [-0.3, -0.25) is 0 Å². The van der Waals surface area contributed by atoms with Crippen LogP contribution in [0.15, 0.2) is 11.5 Å². The lowest BCUT2D eigenvalue weighted by Gasteiger charge is -2.45. The van der Waals surface area contributed by atoms with E-state index in [2.05, 4.69) is 46.9 Å². The summed E-state index contributed by atoms with van der Waals surface area (Å²) in [5.74, 6) is -0.307. The van der Waals surface area contributed by atoms with Crippen molar-refractivity contribution in [1.82, 2.24) is 10.0 Å². The van der Waals surface area contributed by atoms with Crippen molar-refractivity contribution in [2.75, 3.05) is 0 Å². The Morgan fingerprint density at radius 1 is 1.03 bits per heavy atom. The molecule has 0 spiro atoms. The van der Waals surface area contributed by atoms with Crippen molar-refractivity contribution < 1.29 is 32.3 Å². The number of sulfonamides is 1. The summed E-state index contributed by atoms with van der Waals surface area (Å²) < 4.78 is 37.9. The number of carbonyl (C=O) groups is 2. The van der Waals surface area contributed by atoms with Crippen LogP contribution in [0.5, 0.6) is 0 Å². The van der Waals surface area contributed by atoms with E-state index < -0.39 is 36.1 Å². The summed E-state index contributed by atoms with van der Waals surface area (Å²) in [5.41, 5.74) is 0.357.